The van der Waals surface area contributed by atoms with Gasteiger partial charge in [-0.15, -0.1) is 0 Å². The van der Waals surface area contributed by atoms with E-state index in [9.17, 15) is 4.79 Å². The average Bonchev–Trinajstić information content (AvgIpc) is 3.02. The van der Waals surface area contributed by atoms with E-state index < -0.39 is 0 Å². The highest BCUT2D eigenvalue weighted by Crippen LogP contribution is 2.19. The minimum absolute atomic E-state index is 0.157. The molecule has 1 aromatic carbocycles. The van der Waals surface area contributed by atoms with Crippen molar-refractivity contribution in [1.29, 1.82) is 0 Å². The third-order valence-corrected chi connectivity index (χ3v) is 4.80. The molecule has 5 nitrogen and oxygen atoms in total. The van der Waals surface area contributed by atoms with Gasteiger partial charge in [-0.1, -0.05) is 19.1 Å². The summed E-state index contributed by atoms with van der Waals surface area (Å²) in [5.41, 5.74) is 1.21. The Morgan fingerprint density at radius 3 is 2.58 bits per heavy atom. The first-order valence-electron chi connectivity index (χ1n) is 8.83. The standard InChI is InChI=1S/C19H31N3O2/c1-5-22-12-6-7-17(22)14-21(15-19(23)20(2)3)13-16-8-10-18(24-4)11-9-16/h8-11,17H,5-7,12-15H2,1-4H3. The molecule has 1 aromatic rings. The molecule has 0 aliphatic carbocycles. The van der Waals surface area contributed by atoms with Crippen LogP contribution in [0.1, 0.15) is 25.3 Å². The van der Waals surface area contributed by atoms with E-state index in [0.717, 1.165) is 25.4 Å². The number of benzene rings is 1. The fourth-order valence-electron chi connectivity index (χ4n) is 3.32. The number of hydrogen-bond donors (Lipinski definition) is 0. The van der Waals surface area contributed by atoms with Crippen LogP contribution in [0.5, 0.6) is 5.75 Å². The average molecular weight is 333 g/mol. The number of carbonyl (C=O) groups excluding carboxylic acids is 1. The van der Waals surface area contributed by atoms with Crippen LogP contribution in [0.25, 0.3) is 0 Å². The lowest BCUT2D eigenvalue weighted by atomic mass is 10.1. The van der Waals surface area contributed by atoms with Gasteiger partial charge in [0.1, 0.15) is 5.75 Å². The zero-order chi connectivity index (χ0) is 17.5. The normalized spacial score (nSPS) is 18.1. The van der Waals surface area contributed by atoms with Gasteiger partial charge in [0.15, 0.2) is 0 Å². The maximum Gasteiger partial charge on any atom is 0.236 e. The first kappa shape index (κ1) is 18.7. The molecule has 1 saturated heterocycles. The fraction of sp³-hybridized carbons (Fsp3) is 0.632. The quantitative estimate of drug-likeness (QED) is 0.730. The van der Waals surface area contributed by atoms with Gasteiger partial charge in [-0.3, -0.25) is 14.6 Å². The Kier molecular flexibility index (Phi) is 7.06. The van der Waals surface area contributed by atoms with Gasteiger partial charge < -0.3 is 9.64 Å². The maximum atomic E-state index is 12.2. The summed E-state index contributed by atoms with van der Waals surface area (Å²) in [7, 11) is 5.32. The molecule has 1 unspecified atom stereocenters. The molecule has 24 heavy (non-hydrogen) atoms. The van der Waals surface area contributed by atoms with E-state index in [0.29, 0.717) is 12.6 Å². The number of likely N-dealkylation sites (N-methyl/N-ethyl adjacent to an activating group) is 2. The predicted octanol–water partition coefficient (Wildman–Crippen LogP) is 2.07. The highest BCUT2D eigenvalue weighted by molar-refractivity contribution is 5.77. The van der Waals surface area contributed by atoms with Crippen LogP contribution >= 0.6 is 0 Å². The largest absolute Gasteiger partial charge is 0.497 e. The van der Waals surface area contributed by atoms with Crippen LogP contribution < -0.4 is 4.74 Å². The summed E-state index contributed by atoms with van der Waals surface area (Å²) in [6.07, 6.45) is 2.49. The second-order valence-corrected chi connectivity index (χ2v) is 6.73. The molecule has 0 saturated carbocycles. The molecule has 0 spiro atoms. The molecule has 134 valence electrons. The lowest BCUT2D eigenvalue weighted by Crippen LogP contribution is -2.44. The molecule has 0 radical (unpaired) electrons. The second kappa shape index (κ2) is 9.04. The molecule has 1 fully saturated rings. The summed E-state index contributed by atoms with van der Waals surface area (Å²) in [4.78, 5) is 18.7. The third-order valence-electron chi connectivity index (χ3n) is 4.80. The molecule has 2 rings (SSSR count). The van der Waals surface area contributed by atoms with Crippen molar-refractivity contribution in [1.82, 2.24) is 14.7 Å². The van der Waals surface area contributed by atoms with Crippen LogP contribution in [0.15, 0.2) is 24.3 Å². The highest BCUT2D eigenvalue weighted by Gasteiger charge is 2.26. The van der Waals surface area contributed by atoms with Gasteiger partial charge >= 0.3 is 0 Å². The maximum absolute atomic E-state index is 12.2. The molecule has 1 aliphatic rings. The number of likely N-dealkylation sites (tertiary alicyclic amines) is 1. The smallest absolute Gasteiger partial charge is 0.236 e. The van der Waals surface area contributed by atoms with E-state index in [1.54, 1.807) is 12.0 Å². The van der Waals surface area contributed by atoms with E-state index in [1.807, 2.05) is 26.2 Å². The van der Waals surface area contributed by atoms with Crippen LogP contribution in [-0.2, 0) is 11.3 Å². The Morgan fingerprint density at radius 2 is 2.00 bits per heavy atom. The second-order valence-electron chi connectivity index (χ2n) is 6.73. The lowest BCUT2D eigenvalue weighted by molar-refractivity contribution is -0.130. The van der Waals surface area contributed by atoms with Crippen molar-refractivity contribution in [3.8, 4) is 5.75 Å². The molecule has 5 heteroatoms. The summed E-state index contributed by atoms with van der Waals surface area (Å²) in [5, 5.41) is 0. The lowest BCUT2D eigenvalue weighted by Gasteiger charge is -2.30. The zero-order valence-electron chi connectivity index (χ0n) is 15.5. The van der Waals surface area contributed by atoms with Gasteiger partial charge in [0.05, 0.1) is 13.7 Å². The fourth-order valence-corrected chi connectivity index (χ4v) is 3.32. The van der Waals surface area contributed by atoms with Crippen molar-refractivity contribution in [3.05, 3.63) is 29.8 Å². The number of carbonyl (C=O) groups is 1. The number of amides is 1. The van der Waals surface area contributed by atoms with Crippen molar-refractivity contribution in [2.24, 2.45) is 0 Å². The van der Waals surface area contributed by atoms with Crippen LogP contribution in [0, 0.1) is 0 Å². The molecule has 0 N–H and O–H groups in total. The van der Waals surface area contributed by atoms with Gasteiger partial charge in [0, 0.05) is 33.2 Å². The third kappa shape index (κ3) is 5.21. The monoisotopic (exact) mass is 333 g/mol. The minimum Gasteiger partial charge on any atom is -0.497 e. The Morgan fingerprint density at radius 1 is 1.29 bits per heavy atom. The molecular weight excluding hydrogens is 302 g/mol. The van der Waals surface area contributed by atoms with Gasteiger partial charge in [-0.25, -0.2) is 0 Å². The van der Waals surface area contributed by atoms with Crippen LogP contribution in [0.3, 0.4) is 0 Å². The summed E-state index contributed by atoms with van der Waals surface area (Å²) in [5.74, 6) is 1.02. The van der Waals surface area contributed by atoms with Crippen molar-refractivity contribution in [2.75, 3.05) is 47.4 Å². The highest BCUT2D eigenvalue weighted by atomic mass is 16.5. The van der Waals surface area contributed by atoms with Gasteiger partial charge in [-0.2, -0.15) is 0 Å². The molecule has 1 atom stereocenters. The van der Waals surface area contributed by atoms with Crippen LogP contribution in [-0.4, -0.2) is 74.0 Å². The van der Waals surface area contributed by atoms with Crippen molar-refractivity contribution < 1.29 is 9.53 Å². The summed E-state index contributed by atoms with van der Waals surface area (Å²) in [6, 6.07) is 8.68. The SMILES string of the molecule is CCN1CCCC1CN(CC(=O)N(C)C)Cc1ccc(OC)cc1. The van der Waals surface area contributed by atoms with E-state index in [1.165, 1.54) is 24.9 Å². The summed E-state index contributed by atoms with van der Waals surface area (Å²) < 4.78 is 5.23. The molecule has 1 amide bonds. The summed E-state index contributed by atoms with van der Waals surface area (Å²) >= 11 is 0. The number of ether oxygens (including phenoxy) is 1. The van der Waals surface area contributed by atoms with E-state index in [4.69, 9.17) is 4.74 Å². The Bertz CT molecular complexity index is 516. The molecule has 0 bridgehead atoms. The molecular formula is C19H31N3O2. The van der Waals surface area contributed by atoms with E-state index in [-0.39, 0.29) is 5.91 Å². The first-order valence-corrected chi connectivity index (χ1v) is 8.83. The van der Waals surface area contributed by atoms with Crippen molar-refractivity contribution in [3.63, 3.8) is 0 Å². The Hall–Kier alpha value is -1.59. The number of nitrogens with zero attached hydrogens (tertiary/aromatic N) is 3. The number of rotatable bonds is 8. The van der Waals surface area contributed by atoms with Gasteiger partial charge in [0.2, 0.25) is 5.91 Å². The molecule has 1 aliphatic heterocycles. The van der Waals surface area contributed by atoms with Crippen LogP contribution in [0.2, 0.25) is 0 Å². The zero-order valence-corrected chi connectivity index (χ0v) is 15.5. The predicted molar refractivity (Wildman–Crippen MR) is 97.2 cm³/mol. The first-order chi connectivity index (χ1) is 11.5. The summed E-state index contributed by atoms with van der Waals surface area (Å²) in [6.45, 7) is 6.68. The Balaban J connectivity index is 2.04. The topological polar surface area (TPSA) is 36.0 Å². The minimum atomic E-state index is 0.157. The van der Waals surface area contributed by atoms with Crippen molar-refractivity contribution in [2.45, 2.75) is 32.4 Å². The van der Waals surface area contributed by atoms with E-state index >= 15 is 0 Å². The van der Waals surface area contributed by atoms with Crippen molar-refractivity contribution >= 4 is 5.91 Å². The number of hydrogen-bond acceptors (Lipinski definition) is 4. The van der Waals surface area contributed by atoms with Crippen LogP contribution in [0.4, 0.5) is 0 Å². The number of methoxy groups -OCH3 is 1. The van der Waals surface area contributed by atoms with E-state index in [2.05, 4.69) is 28.9 Å². The van der Waals surface area contributed by atoms with Gasteiger partial charge in [-0.05, 0) is 43.6 Å². The van der Waals surface area contributed by atoms with Gasteiger partial charge in [0.25, 0.3) is 0 Å². The Labute approximate surface area is 146 Å². The molecule has 1 heterocycles. The molecule has 0 aromatic heterocycles.